The van der Waals surface area contributed by atoms with Crippen molar-refractivity contribution in [1.82, 2.24) is 0 Å². The fraction of sp³-hybridized carbons (Fsp3) is 0.538. The van der Waals surface area contributed by atoms with Crippen molar-refractivity contribution in [2.45, 2.75) is 71.1 Å². The average Bonchev–Trinajstić information content (AvgIpc) is 2.71. The van der Waals surface area contributed by atoms with Gasteiger partial charge in [0.25, 0.3) is 0 Å². The molecule has 0 bridgehead atoms. The van der Waals surface area contributed by atoms with E-state index in [2.05, 4.69) is 0 Å². The molecule has 31 heavy (non-hydrogen) atoms. The molecular formula is C26H38O5. The normalized spacial score (nSPS) is 15.4. The second kappa shape index (κ2) is 11.1. The lowest BCUT2D eigenvalue weighted by Gasteiger charge is -2.32. The minimum absolute atomic E-state index is 0.154. The summed E-state index contributed by atoms with van der Waals surface area (Å²) in [6.07, 6.45) is -1.83. The smallest absolute Gasteiger partial charge is 0.119 e. The van der Waals surface area contributed by atoms with Crippen LogP contribution < -0.4 is 4.74 Å². The quantitative estimate of drug-likeness (QED) is 0.564. The number of hydrogen-bond acceptors (Lipinski definition) is 5. The number of benzene rings is 2. The van der Waals surface area contributed by atoms with E-state index in [0.29, 0.717) is 0 Å². The molecule has 5 nitrogen and oxygen atoms in total. The van der Waals surface area contributed by atoms with Gasteiger partial charge in [-0.2, -0.15) is 0 Å². The maximum absolute atomic E-state index is 11.0. The zero-order valence-electron chi connectivity index (χ0n) is 19.9. The Kier molecular flexibility index (Phi) is 9.07. The van der Waals surface area contributed by atoms with Crippen molar-refractivity contribution in [2.75, 3.05) is 20.3 Å². The predicted molar refractivity (Wildman–Crippen MR) is 124 cm³/mol. The highest BCUT2D eigenvalue weighted by Gasteiger charge is 2.29. The first-order valence-electron chi connectivity index (χ1n) is 10.8. The van der Waals surface area contributed by atoms with Crippen molar-refractivity contribution < 1.29 is 24.1 Å². The number of hydrogen-bond donors (Lipinski definition) is 1. The first-order chi connectivity index (χ1) is 14.5. The number of aliphatic hydroxyl groups is 1. The molecule has 0 saturated carbocycles. The third-order valence-corrected chi connectivity index (χ3v) is 4.61. The summed E-state index contributed by atoms with van der Waals surface area (Å²) in [6.45, 7) is 12.2. The summed E-state index contributed by atoms with van der Waals surface area (Å²) in [5.41, 5.74) is 1.21. The molecule has 0 aliphatic rings. The molecule has 172 valence electrons. The zero-order chi connectivity index (χ0) is 23.1. The van der Waals surface area contributed by atoms with Gasteiger partial charge in [0.2, 0.25) is 0 Å². The fourth-order valence-corrected chi connectivity index (χ4v) is 2.97. The molecule has 3 atom stereocenters. The molecule has 5 heteroatoms. The Balaban J connectivity index is 2.33. The van der Waals surface area contributed by atoms with E-state index in [1.54, 1.807) is 7.11 Å². The second-order valence-corrected chi connectivity index (χ2v) is 9.66. The first kappa shape index (κ1) is 25.3. The summed E-state index contributed by atoms with van der Waals surface area (Å²) < 4.78 is 23.8. The molecule has 0 aliphatic carbocycles. The zero-order valence-corrected chi connectivity index (χ0v) is 19.9. The van der Waals surface area contributed by atoms with Crippen LogP contribution in [0.2, 0.25) is 0 Å². The first-order valence-corrected chi connectivity index (χ1v) is 10.8. The Hall–Kier alpha value is -1.92. The van der Waals surface area contributed by atoms with Gasteiger partial charge in [-0.15, -0.1) is 0 Å². The van der Waals surface area contributed by atoms with Gasteiger partial charge in [-0.05, 0) is 64.8 Å². The molecule has 0 saturated heterocycles. The third-order valence-electron chi connectivity index (χ3n) is 4.61. The molecule has 0 aromatic heterocycles. The summed E-state index contributed by atoms with van der Waals surface area (Å²) in [5.74, 6) is 0.751. The van der Waals surface area contributed by atoms with Crippen molar-refractivity contribution in [1.29, 1.82) is 0 Å². The van der Waals surface area contributed by atoms with Gasteiger partial charge < -0.3 is 24.1 Å². The Labute approximate surface area is 187 Å². The minimum atomic E-state index is -0.849. The number of ether oxygens (including phenoxy) is 4. The highest BCUT2D eigenvalue weighted by atomic mass is 16.6. The van der Waals surface area contributed by atoms with Crippen LogP contribution in [0.4, 0.5) is 0 Å². The molecule has 1 N–H and O–H groups in total. The van der Waals surface area contributed by atoms with Crippen LogP contribution in [0.3, 0.4) is 0 Å². The molecular weight excluding hydrogens is 392 g/mol. The van der Waals surface area contributed by atoms with Crippen molar-refractivity contribution in [3.05, 3.63) is 65.7 Å². The van der Waals surface area contributed by atoms with Crippen LogP contribution in [0.1, 0.15) is 58.8 Å². The highest BCUT2D eigenvalue weighted by molar-refractivity contribution is 5.35. The van der Waals surface area contributed by atoms with Crippen LogP contribution in [0.25, 0.3) is 0 Å². The van der Waals surface area contributed by atoms with Gasteiger partial charge in [0.1, 0.15) is 24.1 Å². The third kappa shape index (κ3) is 8.99. The number of rotatable bonds is 10. The molecule has 0 radical (unpaired) electrons. The van der Waals surface area contributed by atoms with E-state index in [1.807, 2.05) is 96.1 Å². The molecule has 0 aliphatic heterocycles. The molecule has 2 rings (SSSR count). The van der Waals surface area contributed by atoms with Crippen LogP contribution in [-0.4, -0.2) is 48.8 Å². The molecule has 0 spiro atoms. The Morgan fingerprint density at radius 2 is 1.35 bits per heavy atom. The van der Waals surface area contributed by atoms with E-state index in [1.165, 1.54) is 0 Å². The maximum Gasteiger partial charge on any atom is 0.119 e. The van der Waals surface area contributed by atoms with Gasteiger partial charge in [0, 0.05) is 0 Å². The van der Waals surface area contributed by atoms with Crippen LogP contribution in [0.5, 0.6) is 5.75 Å². The van der Waals surface area contributed by atoms with Gasteiger partial charge in [-0.25, -0.2) is 0 Å². The van der Waals surface area contributed by atoms with Gasteiger partial charge in [-0.3, -0.25) is 0 Å². The van der Waals surface area contributed by atoms with Crippen molar-refractivity contribution >= 4 is 0 Å². The predicted octanol–water partition coefficient (Wildman–Crippen LogP) is 5.16. The molecule has 0 amide bonds. The fourth-order valence-electron chi connectivity index (χ4n) is 2.97. The van der Waals surface area contributed by atoms with Crippen molar-refractivity contribution in [3.63, 3.8) is 0 Å². The summed E-state index contributed by atoms with van der Waals surface area (Å²) in [4.78, 5) is 0. The van der Waals surface area contributed by atoms with Gasteiger partial charge >= 0.3 is 0 Å². The highest BCUT2D eigenvalue weighted by Crippen LogP contribution is 2.31. The lowest BCUT2D eigenvalue weighted by Crippen LogP contribution is -2.41. The van der Waals surface area contributed by atoms with Gasteiger partial charge in [-0.1, -0.05) is 42.5 Å². The van der Waals surface area contributed by atoms with Crippen LogP contribution in [0, 0.1) is 0 Å². The SMILES string of the molecule is COc1cccc([C@@H](O[C@@H](COC(C)(C)C)[C@@H](O)COC(C)(C)C)c2ccccc2)c1. The summed E-state index contributed by atoms with van der Waals surface area (Å²) >= 11 is 0. The maximum atomic E-state index is 11.0. The summed E-state index contributed by atoms with van der Waals surface area (Å²) in [5, 5.41) is 11.0. The molecule has 2 aromatic carbocycles. The minimum Gasteiger partial charge on any atom is -0.497 e. The van der Waals surface area contributed by atoms with Crippen LogP contribution in [-0.2, 0) is 14.2 Å². The van der Waals surface area contributed by atoms with Crippen molar-refractivity contribution in [3.8, 4) is 5.75 Å². The lowest BCUT2D eigenvalue weighted by atomic mass is 10.0. The van der Waals surface area contributed by atoms with Crippen LogP contribution >= 0.6 is 0 Å². The average molecular weight is 431 g/mol. The van der Waals surface area contributed by atoms with E-state index in [4.69, 9.17) is 18.9 Å². The van der Waals surface area contributed by atoms with E-state index in [-0.39, 0.29) is 24.4 Å². The standard InChI is InChI=1S/C26H38O5/c1-25(2,3)29-17-22(27)23(18-30-26(4,5)6)31-24(19-12-9-8-10-13-19)20-14-11-15-21(16-20)28-7/h8-16,22-24,27H,17-18H2,1-7H3/t22-,23-,24-/m0/s1. The molecule has 2 aromatic rings. The van der Waals surface area contributed by atoms with Gasteiger partial charge in [0.15, 0.2) is 0 Å². The van der Waals surface area contributed by atoms with Crippen molar-refractivity contribution in [2.24, 2.45) is 0 Å². The number of aliphatic hydroxyl groups excluding tert-OH is 1. The molecule has 0 heterocycles. The Bertz CT molecular complexity index is 776. The van der Waals surface area contributed by atoms with E-state index in [9.17, 15) is 5.11 Å². The van der Waals surface area contributed by atoms with Crippen LogP contribution in [0.15, 0.2) is 54.6 Å². The summed E-state index contributed by atoms with van der Waals surface area (Å²) in [6, 6.07) is 17.8. The largest absolute Gasteiger partial charge is 0.497 e. The monoisotopic (exact) mass is 430 g/mol. The summed E-state index contributed by atoms with van der Waals surface area (Å²) in [7, 11) is 1.64. The Morgan fingerprint density at radius 1 is 0.774 bits per heavy atom. The van der Waals surface area contributed by atoms with E-state index in [0.717, 1.165) is 16.9 Å². The molecule has 0 unspecified atom stereocenters. The van der Waals surface area contributed by atoms with E-state index >= 15 is 0 Å². The topological polar surface area (TPSA) is 57.2 Å². The Morgan fingerprint density at radius 3 is 1.94 bits per heavy atom. The van der Waals surface area contributed by atoms with E-state index < -0.39 is 18.3 Å². The lowest BCUT2D eigenvalue weighted by molar-refractivity contribution is -0.152. The second-order valence-electron chi connectivity index (χ2n) is 9.66. The number of methoxy groups -OCH3 is 1. The molecule has 0 fully saturated rings. The van der Waals surface area contributed by atoms with Gasteiger partial charge in [0.05, 0.1) is 31.5 Å².